The van der Waals surface area contributed by atoms with Crippen LogP contribution < -0.4 is 9.64 Å². The average Bonchev–Trinajstić information content (AvgIpc) is 2.96. The van der Waals surface area contributed by atoms with Gasteiger partial charge in [0.2, 0.25) is 0 Å². The van der Waals surface area contributed by atoms with Crippen molar-refractivity contribution < 1.29 is 9.53 Å². The van der Waals surface area contributed by atoms with Crippen molar-refractivity contribution in [2.45, 2.75) is 19.8 Å². The zero-order chi connectivity index (χ0) is 18.3. The first-order chi connectivity index (χ1) is 12.6. The third-order valence-corrected chi connectivity index (χ3v) is 4.80. The zero-order valence-electron chi connectivity index (χ0n) is 14.4. The first-order valence-corrected chi connectivity index (χ1v) is 8.66. The molecule has 132 valence electrons. The molecule has 0 spiro atoms. The molecule has 1 atom stereocenters. The van der Waals surface area contributed by atoms with E-state index in [9.17, 15) is 4.79 Å². The molecular formula is C19H17ClN4O2. The van der Waals surface area contributed by atoms with E-state index in [1.807, 2.05) is 43.3 Å². The van der Waals surface area contributed by atoms with E-state index in [0.717, 1.165) is 28.7 Å². The van der Waals surface area contributed by atoms with Crippen molar-refractivity contribution in [1.29, 1.82) is 0 Å². The lowest BCUT2D eigenvalue weighted by Gasteiger charge is -2.26. The Labute approximate surface area is 156 Å². The van der Waals surface area contributed by atoms with Crippen LogP contribution in [0, 0.1) is 6.92 Å². The normalized spacial score (nSPS) is 15.8. The fourth-order valence-electron chi connectivity index (χ4n) is 3.35. The number of aromatic nitrogens is 3. The van der Waals surface area contributed by atoms with Gasteiger partial charge in [0.1, 0.15) is 17.4 Å². The molecule has 0 fully saturated rings. The number of carbonyl (C=O) groups is 1. The summed E-state index contributed by atoms with van der Waals surface area (Å²) in [4.78, 5) is 13.0. The van der Waals surface area contributed by atoms with Crippen molar-refractivity contribution in [1.82, 2.24) is 14.8 Å². The van der Waals surface area contributed by atoms with E-state index in [-0.39, 0.29) is 5.92 Å². The smallest absolute Gasteiger partial charge is 0.298 e. The predicted molar refractivity (Wildman–Crippen MR) is 99.7 cm³/mol. The van der Waals surface area contributed by atoms with E-state index in [1.54, 1.807) is 6.07 Å². The molecule has 26 heavy (non-hydrogen) atoms. The van der Waals surface area contributed by atoms with Gasteiger partial charge in [0, 0.05) is 29.2 Å². The van der Waals surface area contributed by atoms with E-state index < -0.39 is 0 Å². The van der Waals surface area contributed by atoms with Crippen LogP contribution in [0.4, 0.5) is 11.4 Å². The molecule has 1 aliphatic heterocycles. The van der Waals surface area contributed by atoms with Crippen LogP contribution in [0.5, 0.6) is 5.75 Å². The van der Waals surface area contributed by atoms with E-state index in [4.69, 9.17) is 16.3 Å². The monoisotopic (exact) mass is 368 g/mol. The van der Waals surface area contributed by atoms with Crippen molar-refractivity contribution in [3.8, 4) is 11.4 Å². The van der Waals surface area contributed by atoms with Crippen LogP contribution in [-0.2, 0) is 4.79 Å². The largest absolute Gasteiger partial charge is 0.429 e. The maximum Gasteiger partial charge on any atom is 0.298 e. The molecule has 0 N–H and O–H groups in total. The van der Waals surface area contributed by atoms with Crippen LogP contribution in [0.25, 0.3) is 5.69 Å². The van der Waals surface area contributed by atoms with E-state index >= 15 is 0 Å². The van der Waals surface area contributed by atoms with Gasteiger partial charge in [0.25, 0.3) is 6.47 Å². The predicted octanol–water partition coefficient (Wildman–Crippen LogP) is 4.02. The summed E-state index contributed by atoms with van der Waals surface area (Å²) < 4.78 is 7.13. The summed E-state index contributed by atoms with van der Waals surface area (Å²) in [5.41, 5.74) is 2.86. The van der Waals surface area contributed by atoms with Gasteiger partial charge in [-0.1, -0.05) is 18.5 Å². The third-order valence-electron chi connectivity index (χ3n) is 4.55. The quantitative estimate of drug-likeness (QED) is 0.653. The molecule has 2 heterocycles. The van der Waals surface area contributed by atoms with Gasteiger partial charge >= 0.3 is 0 Å². The minimum atomic E-state index is 0.148. The summed E-state index contributed by atoms with van der Waals surface area (Å²) in [7, 11) is 0. The lowest BCUT2D eigenvalue weighted by molar-refractivity contribution is -0.120. The number of ether oxygens (including phenoxy) is 1. The summed E-state index contributed by atoms with van der Waals surface area (Å²) in [6, 6.07) is 13.2. The van der Waals surface area contributed by atoms with Crippen LogP contribution in [-0.4, -0.2) is 27.8 Å². The highest BCUT2D eigenvalue weighted by atomic mass is 35.5. The van der Waals surface area contributed by atoms with E-state index in [1.165, 1.54) is 0 Å². The fraction of sp³-hybridized carbons (Fsp3) is 0.211. The minimum absolute atomic E-state index is 0.148. The molecule has 0 saturated heterocycles. The summed E-state index contributed by atoms with van der Waals surface area (Å²) >= 11 is 6.05. The van der Waals surface area contributed by atoms with Gasteiger partial charge in [-0.05, 0) is 43.3 Å². The second kappa shape index (κ2) is 6.46. The lowest BCUT2D eigenvalue weighted by Crippen LogP contribution is -2.22. The van der Waals surface area contributed by atoms with Gasteiger partial charge in [0.15, 0.2) is 0 Å². The first-order valence-electron chi connectivity index (χ1n) is 8.28. The Morgan fingerprint density at radius 3 is 2.65 bits per heavy atom. The molecule has 1 aromatic heterocycles. The average molecular weight is 369 g/mol. The van der Waals surface area contributed by atoms with Crippen LogP contribution >= 0.6 is 11.6 Å². The van der Waals surface area contributed by atoms with E-state index in [0.29, 0.717) is 23.8 Å². The molecule has 7 heteroatoms. The van der Waals surface area contributed by atoms with Gasteiger partial charge < -0.3 is 9.64 Å². The van der Waals surface area contributed by atoms with Crippen molar-refractivity contribution >= 4 is 29.4 Å². The van der Waals surface area contributed by atoms with Gasteiger partial charge in [-0.2, -0.15) is 0 Å². The maximum atomic E-state index is 10.8. The summed E-state index contributed by atoms with van der Waals surface area (Å²) in [5, 5.41) is 9.31. The Hall–Kier alpha value is -2.86. The molecule has 0 saturated carbocycles. The highest BCUT2D eigenvalue weighted by Gasteiger charge is 2.28. The van der Waals surface area contributed by atoms with Crippen LogP contribution in [0.2, 0.25) is 5.02 Å². The Bertz CT molecular complexity index is 968. The molecule has 4 rings (SSSR count). The molecule has 0 bridgehead atoms. The van der Waals surface area contributed by atoms with Crippen molar-refractivity contribution in [3.63, 3.8) is 0 Å². The standard InChI is InChI=1S/C19H17ClN4O2/c1-12-10-23(15-5-3-14(20)4-6-15)18-9-16(26-11-25)7-8-17(18)24-13(2)21-22-19(12)24/h3-9,11-12H,10H2,1-2H3/t12-/m1/s1. The third kappa shape index (κ3) is 2.72. The topological polar surface area (TPSA) is 60.2 Å². The van der Waals surface area contributed by atoms with Gasteiger partial charge in [-0.15, -0.1) is 10.2 Å². The summed E-state index contributed by atoms with van der Waals surface area (Å²) in [5.74, 6) is 2.36. The molecule has 0 radical (unpaired) electrons. The summed E-state index contributed by atoms with van der Waals surface area (Å²) in [6.07, 6.45) is 0. The molecule has 0 aliphatic carbocycles. The number of benzene rings is 2. The number of hydrogen-bond donors (Lipinski definition) is 0. The second-order valence-electron chi connectivity index (χ2n) is 6.29. The minimum Gasteiger partial charge on any atom is -0.429 e. The molecular weight excluding hydrogens is 352 g/mol. The Morgan fingerprint density at radius 1 is 1.15 bits per heavy atom. The fourth-order valence-corrected chi connectivity index (χ4v) is 3.48. The van der Waals surface area contributed by atoms with Gasteiger partial charge in [-0.3, -0.25) is 9.36 Å². The lowest BCUT2D eigenvalue weighted by atomic mass is 10.1. The molecule has 3 aromatic rings. The molecule has 6 nitrogen and oxygen atoms in total. The van der Waals surface area contributed by atoms with Crippen LogP contribution in [0.3, 0.4) is 0 Å². The number of fused-ring (bicyclic) bond motifs is 3. The molecule has 0 unspecified atom stereocenters. The van der Waals surface area contributed by atoms with Crippen molar-refractivity contribution in [2.24, 2.45) is 0 Å². The van der Waals surface area contributed by atoms with Crippen molar-refractivity contribution in [2.75, 3.05) is 11.4 Å². The summed E-state index contributed by atoms with van der Waals surface area (Å²) in [6.45, 7) is 5.19. The molecule has 0 amide bonds. The van der Waals surface area contributed by atoms with Crippen LogP contribution in [0.1, 0.15) is 24.5 Å². The Morgan fingerprint density at radius 2 is 1.92 bits per heavy atom. The zero-order valence-corrected chi connectivity index (χ0v) is 15.1. The van der Waals surface area contributed by atoms with Crippen molar-refractivity contribution in [3.05, 3.63) is 59.1 Å². The van der Waals surface area contributed by atoms with Gasteiger partial charge in [0.05, 0.1) is 11.4 Å². The first kappa shape index (κ1) is 16.6. The molecule has 2 aromatic carbocycles. The maximum absolute atomic E-state index is 10.8. The van der Waals surface area contributed by atoms with Gasteiger partial charge in [-0.25, -0.2) is 0 Å². The van der Waals surface area contributed by atoms with Crippen LogP contribution in [0.15, 0.2) is 42.5 Å². The highest BCUT2D eigenvalue weighted by Crippen LogP contribution is 2.40. The number of halogens is 1. The molecule has 1 aliphatic rings. The number of anilines is 2. The number of rotatable bonds is 3. The number of carbonyl (C=O) groups excluding carboxylic acids is 1. The Balaban J connectivity index is 1.94. The number of aryl methyl sites for hydroxylation is 1. The van der Waals surface area contributed by atoms with E-state index in [2.05, 4.69) is 26.6 Å². The second-order valence-corrected chi connectivity index (χ2v) is 6.73. The highest BCUT2D eigenvalue weighted by molar-refractivity contribution is 6.30. The SMILES string of the molecule is Cc1nnc2n1-c1ccc(OC=O)cc1N(c1ccc(Cl)cc1)C[C@H]2C. The Kier molecular flexibility index (Phi) is 4.12. The number of nitrogens with zero attached hydrogens (tertiary/aromatic N) is 4. The number of hydrogen-bond acceptors (Lipinski definition) is 5.